The van der Waals surface area contributed by atoms with Gasteiger partial charge in [0.2, 0.25) is 0 Å². The quantitative estimate of drug-likeness (QED) is 0.244. The van der Waals surface area contributed by atoms with Crippen molar-refractivity contribution in [2.75, 3.05) is 13.2 Å². The molecular formula is C25H36O4Si. The zero-order valence-electron chi connectivity index (χ0n) is 19.1. The van der Waals surface area contributed by atoms with Crippen molar-refractivity contribution in [1.29, 1.82) is 0 Å². The molecule has 1 saturated heterocycles. The normalized spacial score (nSPS) is 24.1. The fraction of sp³-hybridized carbons (Fsp3) is 0.680. The third kappa shape index (κ3) is 6.03. The summed E-state index contributed by atoms with van der Waals surface area (Å²) in [4.78, 5) is 24.9. The Bertz CT molecular complexity index is 797. The number of carbonyl (C=O) groups is 2. The molecule has 164 valence electrons. The number of ketones is 2. The van der Waals surface area contributed by atoms with Crippen LogP contribution in [0.2, 0.25) is 19.6 Å². The van der Waals surface area contributed by atoms with Gasteiger partial charge in [-0.15, -0.1) is 11.5 Å². The summed E-state index contributed by atoms with van der Waals surface area (Å²) in [5, 5.41) is 0. The summed E-state index contributed by atoms with van der Waals surface area (Å²) >= 11 is 0. The summed E-state index contributed by atoms with van der Waals surface area (Å²) in [6.45, 7) is 9.63. The molecule has 0 aromatic carbocycles. The van der Waals surface area contributed by atoms with Crippen LogP contribution in [0, 0.1) is 17.4 Å². The van der Waals surface area contributed by atoms with Crippen LogP contribution in [0.3, 0.4) is 0 Å². The van der Waals surface area contributed by atoms with Crippen molar-refractivity contribution >= 4 is 19.6 Å². The van der Waals surface area contributed by atoms with Crippen LogP contribution in [-0.2, 0) is 19.1 Å². The number of allylic oxidation sites excluding steroid dienone is 4. The lowest BCUT2D eigenvalue weighted by molar-refractivity contribution is -0.179. The molecule has 30 heavy (non-hydrogen) atoms. The Labute approximate surface area is 182 Å². The SMILES string of the molecule is CC(=O)/C=C1\CC2CC3(CCC2=C1C(=O)CCCCCC#C[Si](C)(C)C)OCCO3. The number of Topliss-reactive ketones (excluding diaryl/α,β-unsaturated/α-hetero) is 1. The maximum atomic E-state index is 13.1. The van der Waals surface area contributed by atoms with E-state index in [1.54, 1.807) is 13.0 Å². The summed E-state index contributed by atoms with van der Waals surface area (Å²) in [7, 11) is -1.28. The van der Waals surface area contributed by atoms with Crippen LogP contribution >= 0.6 is 0 Å². The van der Waals surface area contributed by atoms with E-state index >= 15 is 0 Å². The van der Waals surface area contributed by atoms with E-state index in [4.69, 9.17) is 9.47 Å². The summed E-state index contributed by atoms with van der Waals surface area (Å²) in [6, 6.07) is 0. The van der Waals surface area contributed by atoms with E-state index in [0.717, 1.165) is 62.5 Å². The molecule has 0 aromatic rings. The second kappa shape index (κ2) is 9.76. The van der Waals surface area contributed by atoms with Gasteiger partial charge >= 0.3 is 0 Å². The standard InChI is InChI=1S/C25H36O4Si/c1-19(26)16-20-17-21-18-25(28-13-14-29-25)12-11-22(21)24(20)23(27)10-8-6-5-7-9-15-30(2,3)4/h16,21H,5-8,10-14,17-18H2,1-4H3/b20-16+. The molecule has 0 radical (unpaired) electrons. The molecule has 1 atom stereocenters. The third-order valence-electron chi connectivity index (χ3n) is 6.07. The first-order valence-corrected chi connectivity index (χ1v) is 14.9. The predicted molar refractivity (Wildman–Crippen MR) is 122 cm³/mol. The second-order valence-electron chi connectivity index (χ2n) is 9.93. The minimum atomic E-state index is -1.28. The van der Waals surface area contributed by atoms with Gasteiger partial charge in [0.05, 0.1) is 13.2 Å². The fourth-order valence-corrected chi connectivity index (χ4v) is 5.51. The lowest BCUT2D eigenvalue weighted by Crippen LogP contribution is -2.36. The number of hydrogen-bond donors (Lipinski definition) is 0. The van der Waals surface area contributed by atoms with Crippen LogP contribution in [0.15, 0.2) is 22.8 Å². The van der Waals surface area contributed by atoms with Crippen LogP contribution in [0.5, 0.6) is 0 Å². The highest BCUT2D eigenvalue weighted by atomic mass is 28.3. The maximum Gasteiger partial charge on any atom is 0.169 e. The highest BCUT2D eigenvalue weighted by molar-refractivity contribution is 6.83. The van der Waals surface area contributed by atoms with Crippen molar-refractivity contribution < 1.29 is 19.1 Å². The van der Waals surface area contributed by atoms with Gasteiger partial charge < -0.3 is 9.47 Å². The molecule has 1 unspecified atom stereocenters. The van der Waals surface area contributed by atoms with Crippen LogP contribution in [0.4, 0.5) is 0 Å². The fourth-order valence-electron chi connectivity index (χ4n) is 4.85. The first-order chi connectivity index (χ1) is 14.2. The highest BCUT2D eigenvalue weighted by Crippen LogP contribution is 2.50. The lowest BCUT2D eigenvalue weighted by Gasteiger charge is -2.36. The van der Waals surface area contributed by atoms with E-state index in [1.165, 1.54) is 5.57 Å². The second-order valence-corrected chi connectivity index (χ2v) is 14.7. The largest absolute Gasteiger partial charge is 0.348 e. The molecule has 2 aliphatic carbocycles. The number of rotatable bonds is 7. The predicted octanol–water partition coefficient (Wildman–Crippen LogP) is 5.15. The van der Waals surface area contributed by atoms with Gasteiger partial charge in [0.15, 0.2) is 17.4 Å². The summed E-state index contributed by atoms with van der Waals surface area (Å²) in [6.07, 6.45) is 9.30. The van der Waals surface area contributed by atoms with E-state index in [1.807, 2.05) is 0 Å². The average Bonchev–Trinajstić information content (AvgIpc) is 3.23. The molecule has 1 heterocycles. The van der Waals surface area contributed by atoms with Gasteiger partial charge in [-0.3, -0.25) is 9.59 Å². The van der Waals surface area contributed by atoms with Crippen molar-refractivity contribution in [3.8, 4) is 11.5 Å². The zero-order valence-corrected chi connectivity index (χ0v) is 20.1. The minimum Gasteiger partial charge on any atom is -0.348 e. The smallest absolute Gasteiger partial charge is 0.169 e. The Morgan fingerprint density at radius 3 is 2.57 bits per heavy atom. The Kier molecular flexibility index (Phi) is 7.55. The molecule has 1 spiro atoms. The summed E-state index contributed by atoms with van der Waals surface area (Å²) in [5.74, 6) is 3.32. The van der Waals surface area contributed by atoms with Crippen molar-refractivity contribution in [3.63, 3.8) is 0 Å². The van der Waals surface area contributed by atoms with Crippen LogP contribution < -0.4 is 0 Å². The van der Waals surface area contributed by atoms with E-state index in [0.29, 0.717) is 19.6 Å². The van der Waals surface area contributed by atoms with Crippen LogP contribution in [0.1, 0.15) is 64.7 Å². The van der Waals surface area contributed by atoms with Crippen molar-refractivity contribution in [2.24, 2.45) is 5.92 Å². The molecule has 3 rings (SSSR count). The number of carbonyl (C=O) groups excluding carboxylic acids is 2. The third-order valence-corrected chi connectivity index (χ3v) is 7.00. The van der Waals surface area contributed by atoms with Crippen LogP contribution in [0.25, 0.3) is 0 Å². The molecule has 4 nitrogen and oxygen atoms in total. The van der Waals surface area contributed by atoms with Gasteiger partial charge in [-0.05, 0) is 50.2 Å². The van der Waals surface area contributed by atoms with Gasteiger partial charge in [0, 0.05) is 31.3 Å². The van der Waals surface area contributed by atoms with E-state index < -0.39 is 13.9 Å². The van der Waals surface area contributed by atoms with E-state index in [9.17, 15) is 9.59 Å². The summed E-state index contributed by atoms with van der Waals surface area (Å²) < 4.78 is 11.8. The number of hydrogen-bond acceptors (Lipinski definition) is 4. The Balaban J connectivity index is 1.60. The minimum absolute atomic E-state index is 0.0126. The number of ether oxygens (including phenoxy) is 2. The molecule has 0 bridgehead atoms. The molecule has 1 saturated carbocycles. The monoisotopic (exact) mass is 428 g/mol. The maximum absolute atomic E-state index is 13.1. The highest BCUT2D eigenvalue weighted by Gasteiger charge is 2.47. The van der Waals surface area contributed by atoms with Gasteiger partial charge in [-0.2, -0.15) is 0 Å². The molecule has 0 aromatic heterocycles. The molecule has 0 N–H and O–H groups in total. The lowest BCUT2D eigenvalue weighted by atomic mass is 9.81. The van der Waals surface area contributed by atoms with Crippen LogP contribution in [-0.4, -0.2) is 38.6 Å². The molecular weight excluding hydrogens is 392 g/mol. The van der Waals surface area contributed by atoms with Crippen molar-refractivity contribution in [2.45, 2.75) is 90.1 Å². The Morgan fingerprint density at radius 2 is 1.90 bits per heavy atom. The van der Waals surface area contributed by atoms with Gasteiger partial charge in [-0.1, -0.05) is 31.6 Å². The molecule has 5 heteroatoms. The van der Waals surface area contributed by atoms with Gasteiger partial charge in [0.1, 0.15) is 8.07 Å². The summed E-state index contributed by atoms with van der Waals surface area (Å²) in [5.41, 5.74) is 6.41. The van der Waals surface area contributed by atoms with Gasteiger partial charge in [0.25, 0.3) is 0 Å². The number of unbranched alkanes of at least 4 members (excludes halogenated alkanes) is 3. The Morgan fingerprint density at radius 1 is 1.17 bits per heavy atom. The van der Waals surface area contributed by atoms with Gasteiger partial charge in [-0.25, -0.2) is 0 Å². The molecule has 0 amide bonds. The number of fused-ring (bicyclic) bond motifs is 1. The first-order valence-electron chi connectivity index (χ1n) is 11.4. The topological polar surface area (TPSA) is 52.6 Å². The zero-order chi connectivity index (χ0) is 21.8. The first kappa shape index (κ1) is 23.2. The average molecular weight is 429 g/mol. The van der Waals surface area contributed by atoms with E-state index in [-0.39, 0.29) is 17.5 Å². The molecule has 3 aliphatic rings. The Hall–Kier alpha value is -1.48. The molecule has 1 aliphatic heterocycles. The van der Waals surface area contributed by atoms with Crippen molar-refractivity contribution in [3.05, 3.63) is 22.8 Å². The molecule has 2 fully saturated rings. The van der Waals surface area contributed by atoms with Crippen molar-refractivity contribution in [1.82, 2.24) is 0 Å². The van der Waals surface area contributed by atoms with E-state index in [2.05, 4.69) is 31.1 Å².